The van der Waals surface area contributed by atoms with Crippen LogP contribution in [0.4, 0.5) is 11.5 Å². The predicted octanol–water partition coefficient (Wildman–Crippen LogP) is 5.01. The standard InChI is InChI=1S/C26H32N4O/c1-18-7-6-8-20(15-18)26(31)27-17-19-11-13-21(14-12-19)28-25-16-24(30(2)3)22-9-4-5-10-23(22)29-25/h4-10,15-16,19,21H,11-14,17H2,1-3H3,(H,27,31)(H,28,29). The molecule has 1 aliphatic carbocycles. The second kappa shape index (κ2) is 9.38. The molecule has 1 fully saturated rings. The van der Waals surface area contributed by atoms with Crippen molar-refractivity contribution in [2.24, 2.45) is 5.92 Å². The summed E-state index contributed by atoms with van der Waals surface area (Å²) in [5.74, 6) is 1.51. The lowest BCUT2D eigenvalue weighted by Crippen LogP contribution is -2.34. The molecule has 5 nitrogen and oxygen atoms in total. The van der Waals surface area contributed by atoms with E-state index in [4.69, 9.17) is 4.98 Å². The first kappa shape index (κ1) is 21.2. The van der Waals surface area contributed by atoms with E-state index in [1.54, 1.807) is 0 Å². The van der Waals surface area contributed by atoms with Gasteiger partial charge >= 0.3 is 0 Å². The van der Waals surface area contributed by atoms with E-state index in [0.29, 0.717) is 12.0 Å². The van der Waals surface area contributed by atoms with Crippen LogP contribution in [0.15, 0.2) is 54.6 Å². The number of hydrogen-bond acceptors (Lipinski definition) is 4. The van der Waals surface area contributed by atoms with Gasteiger partial charge in [0.15, 0.2) is 0 Å². The van der Waals surface area contributed by atoms with Crippen LogP contribution in [0.25, 0.3) is 10.9 Å². The number of amides is 1. The second-order valence-corrected chi connectivity index (χ2v) is 8.88. The molecule has 2 aromatic carbocycles. The van der Waals surface area contributed by atoms with Gasteiger partial charge in [0.1, 0.15) is 5.82 Å². The lowest BCUT2D eigenvalue weighted by Gasteiger charge is -2.30. The zero-order valence-corrected chi connectivity index (χ0v) is 18.7. The molecule has 0 atom stereocenters. The van der Waals surface area contributed by atoms with Crippen molar-refractivity contribution in [1.29, 1.82) is 0 Å². The van der Waals surface area contributed by atoms with Crippen molar-refractivity contribution in [3.63, 3.8) is 0 Å². The van der Waals surface area contributed by atoms with Crippen molar-refractivity contribution in [2.45, 2.75) is 38.6 Å². The molecular formula is C26H32N4O. The van der Waals surface area contributed by atoms with Crippen LogP contribution in [0.1, 0.15) is 41.6 Å². The van der Waals surface area contributed by atoms with E-state index >= 15 is 0 Å². The van der Waals surface area contributed by atoms with Gasteiger partial charge in [-0.1, -0.05) is 35.9 Å². The number of rotatable bonds is 6. The maximum absolute atomic E-state index is 12.4. The molecule has 0 saturated heterocycles. The van der Waals surface area contributed by atoms with Gasteiger partial charge in [-0.2, -0.15) is 0 Å². The summed E-state index contributed by atoms with van der Waals surface area (Å²) >= 11 is 0. The lowest BCUT2D eigenvalue weighted by atomic mass is 9.86. The summed E-state index contributed by atoms with van der Waals surface area (Å²) in [5, 5.41) is 7.96. The largest absolute Gasteiger partial charge is 0.377 e. The Morgan fingerprint density at radius 1 is 1.03 bits per heavy atom. The van der Waals surface area contributed by atoms with Gasteiger partial charge in [0, 0.05) is 49.4 Å². The molecule has 2 N–H and O–H groups in total. The number of fused-ring (bicyclic) bond motifs is 1. The SMILES string of the molecule is Cc1cccc(C(=O)NCC2CCC(Nc3cc(N(C)C)c4ccccc4n3)CC2)c1. The fourth-order valence-corrected chi connectivity index (χ4v) is 4.45. The van der Waals surface area contributed by atoms with Gasteiger partial charge in [-0.15, -0.1) is 0 Å². The first-order valence-electron chi connectivity index (χ1n) is 11.2. The third-order valence-corrected chi connectivity index (χ3v) is 6.21. The minimum Gasteiger partial charge on any atom is -0.377 e. The first-order chi connectivity index (χ1) is 15.0. The van der Waals surface area contributed by atoms with Gasteiger partial charge in [-0.25, -0.2) is 4.98 Å². The second-order valence-electron chi connectivity index (χ2n) is 8.88. The molecule has 1 aliphatic rings. The fourth-order valence-electron chi connectivity index (χ4n) is 4.45. The number of carbonyl (C=O) groups is 1. The van der Waals surface area contributed by atoms with E-state index in [2.05, 4.69) is 53.9 Å². The summed E-state index contributed by atoms with van der Waals surface area (Å²) in [6, 6.07) is 18.6. The molecular weight excluding hydrogens is 384 g/mol. The van der Waals surface area contributed by atoms with Crippen molar-refractivity contribution < 1.29 is 4.79 Å². The molecule has 4 rings (SSSR count). The highest BCUT2D eigenvalue weighted by atomic mass is 16.1. The van der Waals surface area contributed by atoms with Gasteiger partial charge < -0.3 is 15.5 Å². The number of nitrogens with zero attached hydrogens (tertiary/aromatic N) is 2. The van der Waals surface area contributed by atoms with Crippen LogP contribution in [0.2, 0.25) is 0 Å². The van der Waals surface area contributed by atoms with Crippen LogP contribution >= 0.6 is 0 Å². The van der Waals surface area contributed by atoms with E-state index in [0.717, 1.165) is 54.7 Å². The highest BCUT2D eigenvalue weighted by molar-refractivity contribution is 5.94. The van der Waals surface area contributed by atoms with E-state index in [9.17, 15) is 4.79 Å². The predicted molar refractivity (Wildman–Crippen MR) is 129 cm³/mol. The van der Waals surface area contributed by atoms with Crippen molar-refractivity contribution in [3.8, 4) is 0 Å². The van der Waals surface area contributed by atoms with Crippen molar-refractivity contribution >= 4 is 28.3 Å². The summed E-state index contributed by atoms with van der Waals surface area (Å²) in [7, 11) is 4.14. The number of nitrogens with one attached hydrogen (secondary N) is 2. The molecule has 0 bridgehead atoms. The van der Waals surface area contributed by atoms with Crippen molar-refractivity contribution in [3.05, 3.63) is 65.7 Å². The number of hydrogen-bond donors (Lipinski definition) is 2. The normalized spacial score (nSPS) is 18.5. The number of para-hydroxylation sites is 1. The molecule has 1 aromatic heterocycles. The molecule has 1 heterocycles. The Kier molecular flexibility index (Phi) is 6.40. The first-order valence-corrected chi connectivity index (χ1v) is 11.2. The Labute approximate surface area is 184 Å². The van der Waals surface area contributed by atoms with Crippen LogP contribution in [0.5, 0.6) is 0 Å². The highest BCUT2D eigenvalue weighted by Crippen LogP contribution is 2.30. The number of anilines is 2. The Balaban J connectivity index is 1.32. The van der Waals surface area contributed by atoms with Gasteiger partial charge in [0.2, 0.25) is 0 Å². The van der Waals surface area contributed by atoms with Crippen molar-refractivity contribution in [2.75, 3.05) is 30.9 Å². The van der Waals surface area contributed by atoms with E-state index in [1.807, 2.05) is 37.3 Å². The van der Waals surface area contributed by atoms with E-state index in [-0.39, 0.29) is 5.91 Å². The molecule has 0 unspecified atom stereocenters. The molecule has 1 amide bonds. The zero-order chi connectivity index (χ0) is 21.8. The minimum atomic E-state index is 0.0283. The fraction of sp³-hybridized carbons (Fsp3) is 0.385. The van der Waals surface area contributed by atoms with Crippen molar-refractivity contribution in [1.82, 2.24) is 10.3 Å². The molecule has 0 spiro atoms. The summed E-state index contributed by atoms with van der Waals surface area (Å²) in [4.78, 5) is 19.4. The molecule has 162 valence electrons. The van der Waals surface area contributed by atoms with Gasteiger partial charge in [-0.05, 0) is 56.7 Å². The zero-order valence-electron chi connectivity index (χ0n) is 18.7. The van der Waals surface area contributed by atoms with Gasteiger partial charge in [-0.3, -0.25) is 4.79 Å². The maximum Gasteiger partial charge on any atom is 0.251 e. The van der Waals surface area contributed by atoms with Crippen LogP contribution in [0, 0.1) is 12.8 Å². The number of pyridine rings is 1. The van der Waals surface area contributed by atoms with Gasteiger partial charge in [0.05, 0.1) is 5.52 Å². The molecule has 1 saturated carbocycles. The van der Waals surface area contributed by atoms with Crippen LogP contribution in [0.3, 0.4) is 0 Å². The Hall–Kier alpha value is -3.08. The maximum atomic E-state index is 12.4. The summed E-state index contributed by atoms with van der Waals surface area (Å²) < 4.78 is 0. The molecule has 0 aliphatic heterocycles. The Morgan fingerprint density at radius 2 is 1.81 bits per heavy atom. The molecule has 31 heavy (non-hydrogen) atoms. The van der Waals surface area contributed by atoms with E-state index < -0.39 is 0 Å². The summed E-state index contributed by atoms with van der Waals surface area (Å²) in [6.07, 6.45) is 4.41. The van der Waals surface area contributed by atoms with Crippen LogP contribution in [-0.2, 0) is 0 Å². The molecule has 3 aromatic rings. The number of aromatic nitrogens is 1. The topological polar surface area (TPSA) is 57.3 Å². The summed E-state index contributed by atoms with van der Waals surface area (Å²) in [6.45, 7) is 2.76. The third-order valence-electron chi connectivity index (χ3n) is 6.21. The van der Waals surface area contributed by atoms with Gasteiger partial charge in [0.25, 0.3) is 5.91 Å². The average molecular weight is 417 g/mol. The number of benzene rings is 2. The molecule has 0 radical (unpaired) electrons. The number of carbonyl (C=O) groups excluding carboxylic acids is 1. The highest BCUT2D eigenvalue weighted by Gasteiger charge is 2.22. The lowest BCUT2D eigenvalue weighted by molar-refractivity contribution is 0.0943. The Morgan fingerprint density at radius 3 is 2.55 bits per heavy atom. The van der Waals surface area contributed by atoms with Crippen LogP contribution in [-0.4, -0.2) is 37.6 Å². The smallest absolute Gasteiger partial charge is 0.251 e. The number of aryl methyl sites for hydroxylation is 1. The Bertz CT molecular complexity index is 1050. The van der Waals surface area contributed by atoms with E-state index in [1.165, 1.54) is 11.1 Å². The minimum absolute atomic E-state index is 0.0283. The average Bonchev–Trinajstić information content (AvgIpc) is 2.77. The third kappa shape index (κ3) is 5.16. The summed E-state index contributed by atoms with van der Waals surface area (Å²) in [5.41, 5.74) is 4.05. The van der Waals surface area contributed by atoms with Crippen LogP contribution < -0.4 is 15.5 Å². The molecule has 5 heteroatoms. The quantitative estimate of drug-likeness (QED) is 0.593. The monoisotopic (exact) mass is 416 g/mol.